The van der Waals surface area contributed by atoms with Gasteiger partial charge in [0.05, 0.1) is 29.2 Å². The Morgan fingerprint density at radius 2 is 1.95 bits per heavy atom. The van der Waals surface area contributed by atoms with Crippen LogP contribution in [0.5, 0.6) is 5.75 Å². The number of carbonyl (C=O) groups excluding carboxylic acids is 1. The van der Waals surface area contributed by atoms with E-state index in [1.165, 1.54) is 0 Å². The number of fused-ring (bicyclic) bond motifs is 2. The maximum atomic E-state index is 11.4. The van der Waals surface area contributed by atoms with Gasteiger partial charge in [-0.25, -0.2) is 9.97 Å². The summed E-state index contributed by atoms with van der Waals surface area (Å²) in [7, 11) is 1.60. The summed E-state index contributed by atoms with van der Waals surface area (Å²) in [6.07, 6.45) is 0. The van der Waals surface area contributed by atoms with Crippen molar-refractivity contribution in [1.29, 1.82) is 0 Å². The normalized spacial score (nSPS) is 10.8. The molecule has 0 atom stereocenters. The van der Waals surface area contributed by atoms with Gasteiger partial charge < -0.3 is 10.5 Å². The molecule has 1 aromatic heterocycles. The number of aromatic nitrogens is 2. The van der Waals surface area contributed by atoms with E-state index >= 15 is 0 Å². The van der Waals surface area contributed by atoms with Crippen LogP contribution in [-0.4, -0.2) is 23.0 Å². The quantitative estimate of drug-likeness (QED) is 0.707. The van der Waals surface area contributed by atoms with Crippen LogP contribution in [0.15, 0.2) is 36.4 Å². The van der Waals surface area contributed by atoms with E-state index in [0.717, 1.165) is 0 Å². The van der Waals surface area contributed by atoms with E-state index < -0.39 is 5.91 Å². The molecule has 0 aliphatic rings. The van der Waals surface area contributed by atoms with E-state index in [1.54, 1.807) is 43.5 Å². The second kappa shape index (κ2) is 4.20. The Hall–Kier alpha value is -2.69. The SMILES string of the molecule is COc1ccc2nc3c(C(N)=O)cccc3nc2c1. The van der Waals surface area contributed by atoms with Crippen molar-refractivity contribution >= 4 is 28.0 Å². The van der Waals surface area contributed by atoms with Crippen LogP contribution in [-0.2, 0) is 0 Å². The molecule has 0 saturated carbocycles. The first kappa shape index (κ1) is 11.4. The van der Waals surface area contributed by atoms with Gasteiger partial charge in [-0.05, 0) is 24.3 Å². The van der Waals surface area contributed by atoms with E-state index in [-0.39, 0.29) is 0 Å². The van der Waals surface area contributed by atoms with Crippen LogP contribution >= 0.6 is 0 Å². The minimum absolute atomic E-state index is 0.378. The Morgan fingerprint density at radius 1 is 1.11 bits per heavy atom. The van der Waals surface area contributed by atoms with Crippen molar-refractivity contribution in [3.8, 4) is 5.75 Å². The number of nitrogens with two attached hydrogens (primary N) is 1. The van der Waals surface area contributed by atoms with Crippen molar-refractivity contribution in [1.82, 2.24) is 9.97 Å². The summed E-state index contributed by atoms with van der Waals surface area (Å²) >= 11 is 0. The Labute approximate surface area is 109 Å². The van der Waals surface area contributed by atoms with Crippen LogP contribution in [0.4, 0.5) is 0 Å². The van der Waals surface area contributed by atoms with Gasteiger partial charge in [-0.2, -0.15) is 0 Å². The number of carbonyl (C=O) groups is 1. The van der Waals surface area contributed by atoms with Gasteiger partial charge in [0.2, 0.25) is 0 Å². The predicted octanol–water partition coefficient (Wildman–Crippen LogP) is 1.89. The molecule has 1 amide bonds. The Kier molecular flexibility index (Phi) is 2.52. The number of amides is 1. The number of para-hydroxylation sites is 1. The molecule has 3 rings (SSSR count). The van der Waals surface area contributed by atoms with Crippen LogP contribution < -0.4 is 10.5 Å². The molecule has 0 aliphatic carbocycles. The summed E-state index contributed by atoms with van der Waals surface area (Å²) in [5.74, 6) is 0.208. The first-order valence-electron chi connectivity index (χ1n) is 5.73. The van der Waals surface area contributed by atoms with Crippen LogP contribution in [0.1, 0.15) is 10.4 Å². The van der Waals surface area contributed by atoms with Crippen molar-refractivity contribution in [2.75, 3.05) is 7.11 Å². The van der Waals surface area contributed by atoms with Crippen molar-refractivity contribution in [2.24, 2.45) is 5.73 Å². The van der Waals surface area contributed by atoms with E-state index in [4.69, 9.17) is 10.5 Å². The first-order chi connectivity index (χ1) is 9.19. The third-order valence-electron chi connectivity index (χ3n) is 2.94. The number of benzene rings is 2. The van der Waals surface area contributed by atoms with Crippen molar-refractivity contribution < 1.29 is 9.53 Å². The zero-order chi connectivity index (χ0) is 13.4. The zero-order valence-corrected chi connectivity index (χ0v) is 10.3. The standard InChI is InChI=1S/C14H11N3O2/c1-19-8-5-6-10-12(7-8)16-11-4-2-3-9(14(15)18)13(11)17-10/h2-7H,1H3,(H2,15,18). The Morgan fingerprint density at radius 3 is 2.68 bits per heavy atom. The lowest BCUT2D eigenvalue weighted by molar-refractivity contribution is 0.100. The van der Waals surface area contributed by atoms with E-state index in [1.807, 2.05) is 0 Å². The fraction of sp³-hybridized carbons (Fsp3) is 0.0714. The van der Waals surface area contributed by atoms with Crippen LogP contribution in [0.25, 0.3) is 22.1 Å². The van der Waals surface area contributed by atoms with Gasteiger partial charge in [0.25, 0.3) is 5.91 Å². The number of ether oxygens (including phenoxy) is 1. The summed E-state index contributed by atoms with van der Waals surface area (Å²) in [5, 5.41) is 0. The summed E-state index contributed by atoms with van der Waals surface area (Å²) in [6.45, 7) is 0. The summed E-state index contributed by atoms with van der Waals surface area (Å²) in [4.78, 5) is 20.3. The first-order valence-corrected chi connectivity index (χ1v) is 5.73. The molecule has 5 nitrogen and oxygen atoms in total. The lowest BCUT2D eigenvalue weighted by Crippen LogP contribution is -2.12. The molecule has 3 aromatic rings. The minimum Gasteiger partial charge on any atom is -0.497 e. The monoisotopic (exact) mass is 253 g/mol. The fourth-order valence-electron chi connectivity index (χ4n) is 2.00. The Bertz CT molecular complexity index is 799. The molecule has 2 aromatic carbocycles. The number of nitrogens with zero attached hydrogens (tertiary/aromatic N) is 2. The average molecular weight is 253 g/mol. The maximum Gasteiger partial charge on any atom is 0.250 e. The number of hydrogen-bond donors (Lipinski definition) is 1. The molecule has 1 heterocycles. The van der Waals surface area contributed by atoms with Gasteiger partial charge in [0.15, 0.2) is 0 Å². The lowest BCUT2D eigenvalue weighted by Gasteiger charge is -2.05. The van der Waals surface area contributed by atoms with Gasteiger partial charge in [-0.15, -0.1) is 0 Å². The predicted molar refractivity (Wildman–Crippen MR) is 72.1 cm³/mol. The van der Waals surface area contributed by atoms with Crippen LogP contribution in [0, 0.1) is 0 Å². The second-order valence-corrected chi connectivity index (χ2v) is 4.12. The molecule has 0 saturated heterocycles. The topological polar surface area (TPSA) is 78.1 Å². The highest BCUT2D eigenvalue weighted by atomic mass is 16.5. The number of hydrogen-bond acceptors (Lipinski definition) is 4. The molecule has 0 fully saturated rings. The third kappa shape index (κ3) is 1.85. The number of primary amides is 1. The average Bonchev–Trinajstić information content (AvgIpc) is 2.43. The maximum absolute atomic E-state index is 11.4. The molecule has 0 aliphatic heterocycles. The van der Waals surface area contributed by atoms with Crippen molar-refractivity contribution in [2.45, 2.75) is 0 Å². The van der Waals surface area contributed by atoms with E-state index in [0.29, 0.717) is 33.4 Å². The summed E-state index contributed by atoms with van der Waals surface area (Å²) in [5.41, 5.74) is 8.29. The van der Waals surface area contributed by atoms with Gasteiger partial charge >= 0.3 is 0 Å². The summed E-state index contributed by atoms with van der Waals surface area (Å²) < 4.78 is 5.15. The van der Waals surface area contributed by atoms with Gasteiger partial charge in [-0.3, -0.25) is 4.79 Å². The molecule has 0 bridgehead atoms. The molecule has 2 N–H and O–H groups in total. The van der Waals surface area contributed by atoms with Crippen molar-refractivity contribution in [3.05, 3.63) is 42.0 Å². The molecule has 0 radical (unpaired) electrons. The highest BCUT2D eigenvalue weighted by Gasteiger charge is 2.10. The molecule has 5 heteroatoms. The number of rotatable bonds is 2. The van der Waals surface area contributed by atoms with Crippen molar-refractivity contribution in [3.63, 3.8) is 0 Å². The molecular formula is C14H11N3O2. The Balaban J connectivity index is 2.37. The lowest BCUT2D eigenvalue weighted by atomic mass is 10.1. The zero-order valence-electron chi connectivity index (χ0n) is 10.3. The van der Waals surface area contributed by atoms with E-state index in [2.05, 4.69) is 9.97 Å². The highest BCUT2D eigenvalue weighted by molar-refractivity contribution is 6.05. The second-order valence-electron chi connectivity index (χ2n) is 4.12. The molecule has 94 valence electrons. The summed E-state index contributed by atoms with van der Waals surface area (Å²) in [6, 6.07) is 10.6. The smallest absolute Gasteiger partial charge is 0.250 e. The molecule has 19 heavy (non-hydrogen) atoms. The van der Waals surface area contributed by atoms with E-state index in [9.17, 15) is 4.79 Å². The fourth-order valence-corrected chi connectivity index (χ4v) is 2.00. The third-order valence-corrected chi connectivity index (χ3v) is 2.94. The van der Waals surface area contributed by atoms with Crippen LogP contribution in [0.3, 0.4) is 0 Å². The highest BCUT2D eigenvalue weighted by Crippen LogP contribution is 2.22. The molecule has 0 spiro atoms. The largest absolute Gasteiger partial charge is 0.497 e. The van der Waals surface area contributed by atoms with Gasteiger partial charge in [0, 0.05) is 6.07 Å². The van der Waals surface area contributed by atoms with Gasteiger partial charge in [0.1, 0.15) is 11.3 Å². The van der Waals surface area contributed by atoms with Crippen LogP contribution in [0.2, 0.25) is 0 Å². The molecular weight excluding hydrogens is 242 g/mol. The minimum atomic E-state index is -0.507. The number of methoxy groups -OCH3 is 1. The molecule has 0 unspecified atom stereocenters. The van der Waals surface area contributed by atoms with Gasteiger partial charge in [-0.1, -0.05) is 6.07 Å².